The van der Waals surface area contributed by atoms with Crippen molar-refractivity contribution in [1.29, 1.82) is 0 Å². The van der Waals surface area contributed by atoms with Gasteiger partial charge in [0.2, 0.25) is 17.7 Å². The average molecular weight is 1210 g/mol. The summed E-state index contributed by atoms with van der Waals surface area (Å²) in [5.74, 6) is 0.778. The maximum absolute atomic E-state index is 13.5. The first-order valence-electron chi connectivity index (χ1n) is 35.2. The van der Waals surface area contributed by atoms with E-state index < -0.39 is 0 Å². The third-order valence-corrected chi connectivity index (χ3v) is 22.8. The highest BCUT2D eigenvalue weighted by Gasteiger charge is 2.47. The van der Waals surface area contributed by atoms with Crippen molar-refractivity contribution in [3.63, 3.8) is 0 Å². The number of nitrogens with zero attached hydrogens (tertiary/aromatic N) is 5. The molecule has 8 aliphatic rings. The van der Waals surface area contributed by atoms with Crippen molar-refractivity contribution in [3.8, 4) is 0 Å². The van der Waals surface area contributed by atoms with Crippen LogP contribution in [-0.4, -0.2) is 133 Å². The van der Waals surface area contributed by atoms with Gasteiger partial charge in [-0.15, -0.1) is 0 Å². The maximum atomic E-state index is 13.5. The minimum absolute atomic E-state index is 0. The van der Waals surface area contributed by atoms with Gasteiger partial charge in [-0.1, -0.05) is 154 Å². The lowest BCUT2D eigenvalue weighted by Gasteiger charge is -2.49. The summed E-state index contributed by atoms with van der Waals surface area (Å²) in [5.41, 5.74) is 10.1. The van der Waals surface area contributed by atoms with Gasteiger partial charge in [0.1, 0.15) is 0 Å². The lowest BCUT2D eigenvalue weighted by atomic mass is 9.63. The summed E-state index contributed by atoms with van der Waals surface area (Å²) < 4.78 is 6.68. The number of hydrogen-bond donors (Lipinski definition) is 1. The van der Waals surface area contributed by atoms with Crippen LogP contribution in [0.5, 0.6) is 0 Å². The van der Waals surface area contributed by atoms with Crippen molar-refractivity contribution in [1.82, 2.24) is 29.8 Å². The number of ether oxygens (including phenoxy) is 1. The van der Waals surface area contributed by atoms with E-state index in [1.807, 2.05) is 37.6 Å². The molecule has 11 heteroatoms. The summed E-state index contributed by atoms with van der Waals surface area (Å²) in [5, 5.41) is 3.12. The molecule has 88 heavy (non-hydrogen) atoms. The first-order chi connectivity index (χ1) is 41.8. The SMILES string of the molecule is CC(=O)N1CCC(C(=O)N(C)[C@H]2CCC3(CCN(CCC(C)(C)C)CC3)c3ccccc32)CC1.CC(=O)N[C@H]1CCC2(CCN(CC(=O)C(C)(C)C)CC2)c2ccccc21.CC(C)(C)CCN1CCC2(CCC(OC3CCCCC3)c3ccccc32)CC1.[HH]. The number of nitrogens with one attached hydrogen (secondary N) is 1. The van der Waals surface area contributed by atoms with E-state index in [1.165, 1.54) is 157 Å². The summed E-state index contributed by atoms with van der Waals surface area (Å²) in [6.45, 7) is 34.6. The van der Waals surface area contributed by atoms with Gasteiger partial charge in [-0.25, -0.2) is 0 Å². The van der Waals surface area contributed by atoms with E-state index in [1.54, 1.807) is 19.4 Å². The van der Waals surface area contributed by atoms with E-state index in [9.17, 15) is 19.2 Å². The Morgan fingerprint density at radius 2 is 0.977 bits per heavy atom. The van der Waals surface area contributed by atoms with Crippen LogP contribution < -0.4 is 5.32 Å². The molecule has 3 atom stereocenters. The number of rotatable bonds is 11. The zero-order valence-electron chi connectivity index (χ0n) is 57.2. The monoisotopic (exact) mass is 1210 g/mol. The lowest BCUT2D eigenvalue weighted by Crippen LogP contribution is -2.48. The summed E-state index contributed by atoms with van der Waals surface area (Å²) in [7, 11) is 2.01. The van der Waals surface area contributed by atoms with E-state index in [2.05, 4.69) is 134 Å². The van der Waals surface area contributed by atoms with E-state index in [-0.39, 0.29) is 53.4 Å². The molecule has 4 aliphatic carbocycles. The van der Waals surface area contributed by atoms with Gasteiger partial charge in [-0.3, -0.25) is 24.1 Å². The molecule has 0 bridgehead atoms. The summed E-state index contributed by atoms with van der Waals surface area (Å²) in [6, 6.07) is 27.2. The molecule has 1 N–H and O–H groups in total. The standard InChI is InChI=1S/C29H45N3O2.C26H41NO.C22H32N2O2.H2/c1-22(33)32-17-11-23(12-18-32)27(34)30(5)26-10-13-29(25-9-7-6-8-24(25)26)15-20-31(21-16-29)19-14-28(2,3)4;1-25(2,3)15-18-27-19-16-26(17-20-27)14-13-24(22-11-7-8-12-23(22)26)28-21-9-5-4-6-10-21;1-16(25)23-19-9-10-22(18-8-6-5-7-17(18)19)11-13-24(14-12-22)15-20(26)21(2,3)4;/h6-9,23,26H,10-21H2,1-5H3;7-8,11-12,21,24H,4-6,9-10,13-20H2,1-3H3;5-8,19H,9-15H2,1-4H3,(H,23,25);1H/t26-;;19-;/m0.0./s1. The lowest BCUT2D eigenvalue weighted by molar-refractivity contribution is -0.141. The molecule has 0 aromatic heterocycles. The molecule has 11 rings (SSSR count). The fourth-order valence-corrected chi connectivity index (χ4v) is 16.7. The number of fused-ring (bicyclic) bond motifs is 6. The Kier molecular flexibility index (Phi) is 22.4. The van der Waals surface area contributed by atoms with Crippen molar-refractivity contribution < 1.29 is 25.3 Å². The maximum Gasteiger partial charge on any atom is 0.226 e. The minimum atomic E-state index is -0.266. The largest absolute Gasteiger partial charge is 0.370 e. The molecule has 4 heterocycles. The predicted octanol–water partition coefficient (Wildman–Crippen LogP) is 15.5. The molecule has 5 fully saturated rings. The predicted molar refractivity (Wildman–Crippen MR) is 362 cm³/mol. The Morgan fingerprint density at radius 3 is 1.47 bits per heavy atom. The second kappa shape index (κ2) is 29.0. The molecule has 1 saturated carbocycles. The van der Waals surface area contributed by atoms with Crippen molar-refractivity contribution >= 4 is 23.5 Å². The van der Waals surface area contributed by atoms with Crippen LogP contribution in [0.15, 0.2) is 72.8 Å². The average Bonchev–Trinajstić information content (AvgIpc) is 0.923. The first-order valence-corrected chi connectivity index (χ1v) is 35.2. The number of Topliss-reactive ketones (excluding diaryl/α,β-unsaturated/α-hetero) is 1. The second-order valence-electron chi connectivity index (χ2n) is 32.4. The van der Waals surface area contributed by atoms with Crippen LogP contribution in [0.25, 0.3) is 0 Å². The first kappa shape index (κ1) is 68.0. The fourth-order valence-electron chi connectivity index (χ4n) is 16.7. The second-order valence-corrected chi connectivity index (χ2v) is 32.4. The van der Waals surface area contributed by atoms with Crippen LogP contribution in [0.2, 0.25) is 0 Å². The van der Waals surface area contributed by atoms with Gasteiger partial charge in [-0.05, 0) is 228 Å². The molecule has 1 unspecified atom stereocenters. The Bertz CT molecular complexity index is 2790. The van der Waals surface area contributed by atoms with E-state index in [0.717, 1.165) is 58.0 Å². The van der Waals surface area contributed by atoms with Crippen molar-refractivity contribution in [3.05, 3.63) is 106 Å². The van der Waals surface area contributed by atoms with E-state index in [4.69, 9.17) is 4.74 Å². The number of hydrogen-bond acceptors (Lipinski definition) is 8. The number of amides is 3. The van der Waals surface area contributed by atoms with Gasteiger partial charge in [0, 0.05) is 46.7 Å². The molecule has 4 aliphatic heterocycles. The summed E-state index contributed by atoms with van der Waals surface area (Å²) in [6.07, 6.45) is 25.7. The molecule has 488 valence electrons. The highest BCUT2D eigenvalue weighted by Crippen LogP contribution is 2.52. The number of carbonyl (C=O) groups excluding carboxylic acids is 4. The van der Waals surface area contributed by atoms with Crippen molar-refractivity contribution in [2.75, 3.05) is 79.0 Å². The van der Waals surface area contributed by atoms with Crippen molar-refractivity contribution in [2.45, 2.75) is 252 Å². The van der Waals surface area contributed by atoms with Gasteiger partial charge in [0.05, 0.1) is 30.8 Å². The van der Waals surface area contributed by atoms with Crippen LogP contribution in [0.4, 0.5) is 0 Å². The fraction of sp³-hybridized carbons (Fsp3) is 0.714. The number of likely N-dealkylation sites (tertiary alicyclic amines) is 4. The summed E-state index contributed by atoms with van der Waals surface area (Å²) in [4.78, 5) is 60.7. The van der Waals surface area contributed by atoms with Gasteiger partial charge in [0.15, 0.2) is 5.78 Å². The smallest absolute Gasteiger partial charge is 0.226 e. The van der Waals surface area contributed by atoms with Crippen LogP contribution in [-0.2, 0) is 40.2 Å². The highest BCUT2D eigenvalue weighted by molar-refractivity contribution is 5.85. The molecule has 0 radical (unpaired) electrons. The van der Waals surface area contributed by atoms with Crippen LogP contribution in [0.1, 0.15) is 264 Å². The third kappa shape index (κ3) is 17.0. The number of piperidine rings is 4. The number of benzene rings is 3. The Balaban J connectivity index is 0.000000173. The summed E-state index contributed by atoms with van der Waals surface area (Å²) >= 11 is 0. The molecule has 11 nitrogen and oxygen atoms in total. The topological polar surface area (TPSA) is 106 Å². The molecule has 3 aromatic rings. The molecular weight excluding hydrogens is 1090 g/mol. The number of ketones is 1. The zero-order valence-corrected chi connectivity index (χ0v) is 57.2. The van der Waals surface area contributed by atoms with E-state index in [0.29, 0.717) is 53.9 Å². The normalized spacial score (nSPS) is 24.2. The quantitative estimate of drug-likeness (QED) is 0.202. The van der Waals surface area contributed by atoms with Crippen LogP contribution >= 0.6 is 0 Å². The van der Waals surface area contributed by atoms with Gasteiger partial charge < -0.3 is 29.7 Å². The van der Waals surface area contributed by atoms with Crippen LogP contribution in [0, 0.1) is 22.2 Å². The molecule has 3 aromatic carbocycles. The third-order valence-electron chi connectivity index (χ3n) is 22.8. The Morgan fingerprint density at radius 1 is 0.534 bits per heavy atom. The zero-order chi connectivity index (χ0) is 63.1. The van der Waals surface area contributed by atoms with Crippen molar-refractivity contribution in [2.24, 2.45) is 22.2 Å². The van der Waals surface area contributed by atoms with Gasteiger partial charge in [0.25, 0.3) is 0 Å². The Labute approximate surface area is 535 Å². The van der Waals surface area contributed by atoms with Crippen LogP contribution in [0.3, 0.4) is 0 Å². The molecule has 4 saturated heterocycles. The van der Waals surface area contributed by atoms with E-state index >= 15 is 0 Å². The molecular formula is C77H120N6O5. The Hall–Kier alpha value is -4.42. The molecule has 3 spiro atoms. The van der Waals surface area contributed by atoms with Gasteiger partial charge in [-0.2, -0.15) is 0 Å². The highest BCUT2D eigenvalue weighted by atomic mass is 16.5. The minimum Gasteiger partial charge on any atom is -0.370 e. The number of carbonyl (C=O) groups is 4. The molecule has 3 amide bonds. The van der Waals surface area contributed by atoms with Gasteiger partial charge >= 0.3 is 0 Å².